The average molecular weight is 532 g/mol. The molecule has 0 atom stereocenters. The molecule has 1 fully saturated rings. The van der Waals surface area contributed by atoms with Crippen LogP contribution in [-0.2, 0) is 14.4 Å². The van der Waals surface area contributed by atoms with Crippen LogP contribution >= 0.6 is 0 Å². The predicted molar refractivity (Wildman–Crippen MR) is 150 cm³/mol. The number of allylic oxidation sites excluding steroid dienone is 2. The number of hydrogen-bond donors (Lipinski definition) is 4. The number of nitrogens with zero attached hydrogens (tertiary/aromatic N) is 1. The van der Waals surface area contributed by atoms with Crippen LogP contribution in [0.2, 0.25) is 0 Å². The lowest BCUT2D eigenvalue weighted by molar-refractivity contribution is -0.133. The molecule has 0 saturated carbocycles. The van der Waals surface area contributed by atoms with Gasteiger partial charge in [-0.1, -0.05) is 42.5 Å². The van der Waals surface area contributed by atoms with Crippen molar-refractivity contribution in [1.29, 1.82) is 0 Å². The molecule has 4 N–H and O–H groups in total. The monoisotopic (exact) mass is 531 g/mol. The maximum absolute atomic E-state index is 12.7. The quantitative estimate of drug-likeness (QED) is 0.316. The van der Waals surface area contributed by atoms with E-state index in [0.717, 1.165) is 45.3 Å². The van der Waals surface area contributed by atoms with Gasteiger partial charge in [0.1, 0.15) is 0 Å². The van der Waals surface area contributed by atoms with Gasteiger partial charge in [0.15, 0.2) is 0 Å². The van der Waals surface area contributed by atoms with Crippen molar-refractivity contribution in [1.82, 2.24) is 10.2 Å². The topological polar surface area (TPSA) is 119 Å². The molecule has 39 heavy (non-hydrogen) atoms. The number of hydrogen-bond acceptors (Lipinski definition) is 5. The summed E-state index contributed by atoms with van der Waals surface area (Å²) in [4.78, 5) is 39.2. The van der Waals surface area contributed by atoms with Crippen LogP contribution < -0.4 is 10.6 Å². The number of carbonyl (C=O) groups is 3. The Morgan fingerprint density at radius 1 is 0.872 bits per heavy atom. The van der Waals surface area contributed by atoms with Gasteiger partial charge in [0.2, 0.25) is 5.91 Å². The fraction of sp³-hybridized carbons (Fsp3) is 0.387. The minimum absolute atomic E-state index is 0.0192. The standard InChI is InChI=1S/C31H37N3O5/c1-20-27(30(36)37)29(28(31(38)39)21(2)32-20)24-11-8-12-25(19-24)33-26(35)13-6-7-16-34-17-14-23(15-18-34)22-9-4-3-5-10-22/h3-5,8-12,19,23,29,32H,6-7,13-18H2,1-2H3,(H,33,35)(H,36,37)(H,38,39). The first-order valence-corrected chi connectivity index (χ1v) is 13.6. The third kappa shape index (κ3) is 6.95. The maximum Gasteiger partial charge on any atom is 0.334 e. The van der Waals surface area contributed by atoms with Crippen LogP contribution in [0.4, 0.5) is 5.69 Å². The van der Waals surface area contributed by atoms with E-state index in [1.165, 1.54) is 5.56 Å². The highest BCUT2D eigenvalue weighted by atomic mass is 16.4. The Bertz CT molecular complexity index is 1240. The third-order valence-corrected chi connectivity index (χ3v) is 7.71. The molecule has 2 aromatic rings. The summed E-state index contributed by atoms with van der Waals surface area (Å²) in [6.07, 6.45) is 4.42. The highest BCUT2D eigenvalue weighted by Crippen LogP contribution is 2.39. The number of aliphatic carboxylic acids is 2. The molecule has 8 nitrogen and oxygen atoms in total. The van der Waals surface area contributed by atoms with E-state index in [1.54, 1.807) is 38.1 Å². The fourth-order valence-corrected chi connectivity index (χ4v) is 5.75. The molecule has 0 aromatic heterocycles. The fourth-order valence-electron chi connectivity index (χ4n) is 5.75. The summed E-state index contributed by atoms with van der Waals surface area (Å²) >= 11 is 0. The number of dihydropyridines is 1. The number of likely N-dealkylation sites (tertiary alicyclic amines) is 1. The third-order valence-electron chi connectivity index (χ3n) is 7.71. The molecule has 0 unspecified atom stereocenters. The summed E-state index contributed by atoms with van der Waals surface area (Å²) in [5.41, 5.74) is 3.20. The van der Waals surface area contributed by atoms with Crippen molar-refractivity contribution in [3.05, 3.63) is 88.3 Å². The van der Waals surface area contributed by atoms with E-state index in [-0.39, 0.29) is 17.1 Å². The van der Waals surface area contributed by atoms with Crippen molar-refractivity contribution in [2.75, 3.05) is 25.0 Å². The lowest BCUT2D eigenvalue weighted by Gasteiger charge is -2.32. The zero-order valence-electron chi connectivity index (χ0n) is 22.6. The highest BCUT2D eigenvalue weighted by molar-refractivity contribution is 5.98. The van der Waals surface area contributed by atoms with Crippen molar-refractivity contribution in [3.8, 4) is 0 Å². The molecule has 0 bridgehead atoms. The number of carboxylic acids is 2. The molecule has 0 aliphatic carbocycles. The van der Waals surface area contributed by atoms with Gasteiger partial charge in [0.25, 0.3) is 0 Å². The normalized spacial score (nSPS) is 17.2. The van der Waals surface area contributed by atoms with Crippen LogP contribution in [0.25, 0.3) is 0 Å². The summed E-state index contributed by atoms with van der Waals surface area (Å²) in [7, 11) is 0. The SMILES string of the molecule is CC1=C(C(=O)O)C(c2cccc(NC(=O)CCCCN3CCC(c4ccccc4)CC3)c2)C(C(=O)O)=C(C)N1. The van der Waals surface area contributed by atoms with Gasteiger partial charge in [0.05, 0.1) is 17.1 Å². The van der Waals surface area contributed by atoms with Crippen LogP contribution in [0.5, 0.6) is 0 Å². The minimum atomic E-state index is -1.19. The Labute approximate surface area is 229 Å². The maximum atomic E-state index is 12.7. The number of rotatable bonds is 10. The number of amides is 1. The Morgan fingerprint density at radius 3 is 2.10 bits per heavy atom. The molecule has 0 radical (unpaired) electrons. The predicted octanol–water partition coefficient (Wildman–Crippen LogP) is 5.08. The van der Waals surface area contributed by atoms with Crippen molar-refractivity contribution >= 4 is 23.5 Å². The Hall–Kier alpha value is -3.91. The van der Waals surface area contributed by atoms with Crippen molar-refractivity contribution in [3.63, 3.8) is 0 Å². The second kappa shape index (κ2) is 12.8. The van der Waals surface area contributed by atoms with Gasteiger partial charge in [0, 0.05) is 23.5 Å². The smallest absolute Gasteiger partial charge is 0.334 e. The molecule has 2 heterocycles. The Balaban J connectivity index is 1.29. The van der Waals surface area contributed by atoms with Gasteiger partial charge in [-0.05, 0) is 88.3 Å². The van der Waals surface area contributed by atoms with Crippen molar-refractivity contribution in [2.24, 2.45) is 0 Å². The van der Waals surface area contributed by atoms with Crippen LogP contribution in [-0.4, -0.2) is 52.6 Å². The highest BCUT2D eigenvalue weighted by Gasteiger charge is 2.36. The molecule has 206 valence electrons. The molecule has 1 amide bonds. The van der Waals surface area contributed by atoms with E-state index in [1.807, 2.05) is 0 Å². The van der Waals surface area contributed by atoms with Gasteiger partial charge >= 0.3 is 11.9 Å². The van der Waals surface area contributed by atoms with E-state index in [0.29, 0.717) is 35.0 Å². The van der Waals surface area contributed by atoms with Crippen LogP contribution in [0, 0.1) is 0 Å². The number of carboxylic acid groups (broad SMARTS) is 2. The van der Waals surface area contributed by atoms with E-state index < -0.39 is 17.9 Å². The number of nitrogens with one attached hydrogen (secondary N) is 2. The van der Waals surface area contributed by atoms with Crippen LogP contribution in [0.15, 0.2) is 77.1 Å². The number of anilines is 1. The second-order valence-electron chi connectivity index (χ2n) is 10.4. The molecule has 2 aromatic carbocycles. The lowest BCUT2D eigenvalue weighted by atomic mass is 9.80. The molecular weight excluding hydrogens is 494 g/mol. The van der Waals surface area contributed by atoms with Gasteiger partial charge < -0.3 is 25.7 Å². The van der Waals surface area contributed by atoms with E-state index >= 15 is 0 Å². The minimum Gasteiger partial charge on any atom is -0.478 e. The molecular formula is C31H37N3O5. The summed E-state index contributed by atoms with van der Waals surface area (Å²) in [6.45, 7) is 6.38. The number of carbonyl (C=O) groups excluding carboxylic acids is 1. The summed E-state index contributed by atoms with van der Waals surface area (Å²) in [5, 5.41) is 25.4. The zero-order valence-corrected chi connectivity index (χ0v) is 22.6. The van der Waals surface area contributed by atoms with E-state index in [9.17, 15) is 24.6 Å². The van der Waals surface area contributed by atoms with Crippen molar-refractivity contribution in [2.45, 2.75) is 57.8 Å². The second-order valence-corrected chi connectivity index (χ2v) is 10.4. The molecule has 8 heteroatoms. The van der Waals surface area contributed by atoms with Crippen LogP contribution in [0.3, 0.4) is 0 Å². The van der Waals surface area contributed by atoms with Gasteiger partial charge in [-0.2, -0.15) is 0 Å². The van der Waals surface area contributed by atoms with E-state index in [4.69, 9.17) is 0 Å². The number of piperidine rings is 1. The Kier molecular flexibility index (Phi) is 9.19. The molecule has 1 saturated heterocycles. The summed E-state index contributed by atoms with van der Waals surface area (Å²) in [6, 6.07) is 17.5. The first-order valence-electron chi connectivity index (χ1n) is 13.6. The molecule has 4 rings (SSSR count). The van der Waals surface area contributed by atoms with E-state index in [2.05, 4.69) is 45.9 Å². The number of unbranched alkanes of at least 4 members (excludes halogenated alkanes) is 1. The summed E-state index contributed by atoms with van der Waals surface area (Å²) < 4.78 is 0. The first kappa shape index (κ1) is 28.1. The lowest BCUT2D eigenvalue weighted by Crippen LogP contribution is -2.33. The zero-order chi connectivity index (χ0) is 27.9. The number of benzene rings is 2. The average Bonchev–Trinajstić information content (AvgIpc) is 2.91. The van der Waals surface area contributed by atoms with Gasteiger partial charge in [-0.25, -0.2) is 9.59 Å². The summed E-state index contributed by atoms with van der Waals surface area (Å²) in [5.74, 6) is -2.81. The van der Waals surface area contributed by atoms with Gasteiger partial charge in [-0.3, -0.25) is 4.79 Å². The first-order chi connectivity index (χ1) is 18.7. The molecule has 2 aliphatic heterocycles. The Morgan fingerprint density at radius 2 is 1.49 bits per heavy atom. The van der Waals surface area contributed by atoms with Crippen LogP contribution in [0.1, 0.15) is 68.9 Å². The molecule has 0 spiro atoms. The van der Waals surface area contributed by atoms with Gasteiger partial charge in [-0.15, -0.1) is 0 Å². The van der Waals surface area contributed by atoms with Crippen molar-refractivity contribution < 1.29 is 24.6 Å². The largest absolute Gasteiger partial charge is 0.478 e. The molecule has 2 aliphatic rings.